The largest absolute Gasteiger partial charge is 0.445 e. The summed E-state index contributed by atoms with van der Waals surface area (Å²) >= 11 is 0. The average molecular weight is 914 g/mol. The molecular weight excluding hydrogens is 843 g/mol. The first kappa shape index (κ1) is 52.5. The Labute approximate surface area is 389 Å². The van der Waals surface area contributed by atoms with Crippen molar-refractivity contribution in [2.75, 3.05) is 18.8 Å². The summed E-state index contributed by atoms with van der Waals surface area (Å²) in [6.45, 7) is 7.51. The Morgan fingerprint density at radius 3 is 2.12 bits per heavy atom. The molecule has 1 fully saturated rings. The summed E-state index contributed by atoms with van der Waals surface area (Å²) in [4.78, 5) is 87.8. The summed E-state index contributed by atoms with van der Waals surface area (Å²) in [6.07, 6.45) is 6.04. The Morgan fingerprint density at radius 1 is 0.773 bits per heavy atom. The molecule has 1 saturated carbocycles. The number of alkyl carbamates (subject to hydrolysis) is 1. The first-order chi connectivity index (χ1) is 31.7. The lowest BCUT2D eigenvalue weighted by Gasteiger charge is -2.31. The number of nitrogens with zero attached hydrogens (tertiary/aromatic N) is 2. The summed E-state index contributed by atoms with van der Waals surface area (Å²) in [7, 11) is 0. The fourth-order valence-corrected chi connectivity index (χ4v) is 7.86. The Bertz CT molecular complexity index is 2020. The second kappa shape index (κ2) is 28.1. The van der Waals surface area contributed by atoms with Gasteiger partial charge in [-0.15, -0.1) is 0 Å². The standard InChI is InChI=1S/C49H71N9O8/c1-5-32(2)45(48(64)52-29-40-46(50)55-34(4)33(3)54-40)58-43(61)28-41(59)38(26-35-18-10-6-11-19-35)56-44(62)30-53-47(63)39(27-36-20-12-7-13-21-36)57-42(60)24-16-9-17-25-51-49(65)66-31-37-22-14-8-15-23-37/h7-8,12-15,20-23,32,35,38-39,41,45,59H,5-6,9-11,16-19,24-31H2,1-4H3,(H2,50,55)(H,51,65)(H,52,64)(H,53,63)(H,56,62)(H,57,60)(H,58,61). The number of benzene rings is 2. The Morgan fingerprint density at radius 2 is 1.44 bits per heavy atom. The molecule has 0 spiro atoms. The van der Waals surface area contributed by atoms with Crippen LogP contribution in [0.2, 0.25) is 0 Å². The van der Waals surface area contributed by atoms with Crippen molar-refractivity contribution in [2.24, 2.45) is 11.8 Å². The highest BCUT2D eigenvalue weighted by molar-refractivity contribution is 5.91. The lowest BCUT2D eigenvalue weighted by molar-refractivity contribution is -0.132. The number of nitrogen functional groups attached to an aromatic ring is 1. The number of nitrogens with two attached hydrogens (primary N) is 1. The van der Waals surface area contributed by atoms with E-state index in [1.807, 2.05) is 74.5 Å². The zero-order chi connectivity index (χ0) is 47.8. The minimum atomic E-state index is -1.29. The van der Waals surface area contributed by atoms with Crippen LogP contribution < -0.4 is 37.6 Å². The van der Waals surface area contributed by atoms with Crippen molar-refractivity contribution in [1.29, 1.82) is 0 Å². The van der Waals surface area contributed by atoms with Crippen molar-refractivity contribution in [3.63, 3.8) is 0 Å². The van der Waals surface area contributed by atoms with Crippen molar-refractivity contribution in [3.05, 3.63) is 88.9 Å². The van der Waals surface area contributed by atoms with E-state index < -0.39 is 60.5 Å². The number of hydrogen-bond acceptors (Lipinski definition) is 11. The Balaban J connectivity index is 1.29. The molecule has 1 aliphatic rings. The van der Waals surface area contributed by atoms with Gasteiger partial charge in [0.1, 0.15) is 30.2 Å². The fraction of sp³-hybridized carbons (Fsp3) is 0.551. The first-order valence-corrected chi connectivity index (χ1v) is 23.4. The summed E-state index contributed by atoms with van der Waals surface area (Å²) < 4.78 is 5.23. The predicted octanol–water partition coefficient (Wildman–Crippen LogP) is 4.36. The number of ether oxygens (including phenoxy) is 1. The molecule has 5 atom stereocenters. The van der Waals surface area contributed by atoms with Gasteiger partial charge in [0.25, 0.3) is 0 Å². The Kier molecular flexibility index (Phi) is 22.3. The quantitative estimate of drug-likeness (QED) is 0.0525. The molecule has 5 unspecified atom stereocenters. The molecule has 1 aliphatic carbocycles. The highest BCUT2D eigenvalue weighted by Crippen LogP contribution is 2.28. The van der Waals surface area contributed by atoms with Gasteiger partial charge in [0, 0.05) is 19.4 Å². The van der Waals surface area contributed by atoms with Gasteiger partial charge in [-0.05, 0) is 56.1 Å². The van der Waals surface area contributed by atoms with E-state index in [1.165, 1.54) is 0 Å². The molecule has 6 amide bonds. The molecule has 0 radical (unpaired) electrons. The van der Waals surface area contributed by atoms with E-state index in [2.05, 4.69) is 41.9 Å². The molecule has 1 heterocycles. The van der Waals surface area contributed by atoms with E-state index in [1.54, 1.807) is 13.8 Å². The lowest BCUT2D eigenvalue weighted by atomic mass is 9.83. The third kappa shape index (κ3) is 18.8. The smallest absolute Gasteiger partial charge is 0.407 e. The number of carbonyl (C=O) groups is 6. The maximum absolute atomic E-state index is 13.6. The van der Waals surface area contributed by atoms with E-state index in [-0.39, 0.29) is 56.0 Å². The molecule has 4 rings (SSSR count). The second-order valence-electron chi connectivity index (χ2n) is 17.4. The topological polar surface area (TPSA) is 256 Å². The van der Waals surface area contributed by atoms with Crippen LogP contribution in [-0.4, -0.2) is 88.0 Å². The summed E-state index contributed by atoms with van der Waals surface area (Å²) in [5, 5.41) is 28.2. The number of rotatable bonds is 26. The number of aromatic nitrogens is 2. The Hall–Kier alpha value is -6.10. The van der Waals surface area contributed by atoms with Gasteiger partial charge in [0.15, 0.2) is 0 Å². The van der Waals surface area contributed by atoms with Crippen LogP contribution in [0.15, 0.2) is 60.7 Å². The minimum Gasteiger partial charge on any atom is -0.445 e. The van der Waals surface area contributed by atoms with Gasteiger partial charge in [-0.25, -0.2) is 9.78 Å². The molecule has 3 aromatic rings. The number of amides is 6. The van der Waals surface area contributed by atoms with E-state index in [0.29, 0.717) is 55.7 Å². The van der Waals surface area contributed by atoms with Crippen LogP contribution in [0.4, 0.5) is 10.6 Å². The third-order valence-corrected chi connectivity index (χ3v) is 12.1. The van der Waals surface area contributed by atoms with Crippen molar-refractivity contribution < 1.29 is 38.6 Å². The second-order valence-corrected chi connectivity index (χ2v) is 17.4. The van der Waals surface area contributed by atoms with Gasteiger partial charge < -0.3 is 47.5 Å². The molecular formula is C49H71N9O8. The van der Waals surface area contributed by atoms with Crippen LogP contribution in [0, 0.1) is 25.7 Å². The highest BCUT2D eigenvalue weighted by atomic mass is 16.5. The number of nitrogens with one attached hydrogen (secondary N) is 6. The van der Waals surface area contributed by atoms with E-state index in [0.717, 1.165) is 43.2 Å². The summed E-state index contributed by atoms with van der Waals surface area (Å²) in [5.74, 6) is -2.24. The van der Waals surface area contributed by atoms with Gasteiger partial charge in [0.05, 0.1) is 43.0 Å². The number of carbonyl (C=O) groups excluding carboxylic acids is 6. The van der Waals surface area contributed by atoms with Gasteiger partial charge in [-0.2, -0.15) is 0 Å². The monoisotopic (exact) mass is 914 g/mol. The van der Waals surface area contributed by atoms with Crippen LogP contribution in [0.3, 0.4) is 0 Å². The number of aryl methyl sites for hydroxylation is 2. The molecule has 1 aromatic heterocycles. The molecule has 0 saturated heterocycles. The number of anilines is 1. The minimum absolute atomic E-state index is 0.0199. The average Bonchev–Trinajstić information content (AvgIpc) is 3.31. The molecule has 0 aliphatic heterocycles. The van der Waals surface area contributed by atoms with E-state index in [4.69, 9.17) is 10.5 Å². The van der Waals surface area contributed by atoms with Crippen LogP contribution >= 0.6 is 0 Å². The summed E-state index contributed by atoms with van der Waals surface area (Å²) in [6, 6.07) is 15.9. The van der Waals surface area contributed by atoms with Crippen LogP contribution in [-0.2, 0) is 48.3 Å². The van der Waals surface area contributed by atoms with E-state index in [9.17, 15) is 33.9 Å². The van der Waals surface area contributed by atoms with Gasteiger partial charge in [-0.1, -0.05) is 119 Å². The van der Waals surface area contributed by atoms with Crippen molar-refractivity contribution in [3.8, 4) is 0 Å². The van der Waals surface area contributed by atoms with Gasteiger partial charge in [-0.3, -0.25) is 29.0 Å². The number of aliphatic hydroxyl groups excluding tert-OH is 1. The SMILES string of the molecule is CCC(C)C(NC(=O)CC(O)C(CC1CCCCC1)NC(=O)CNC(=O)C(Cc1ccccc1)NC(=O)CCCCCNC(=O)OCc1ccccc1)C(=O)NCc1nc(C)c(C)nc1N. The van der Waals surface area contributed by atoms with Crippen LogP contribution in [0.25, 0.3) is 0 Å². The molecule has 17 heteroatoms. The van der Waals surface area contributed by atoms with Gasteiger partial charge in [0.2, 0.25) is 29.5 Å². The third-order valence-electron chi connectivity index (χ3n) is 12.1. The number of hydrogen-bond donors (Lipinski definition) is 8. The maximum Gasteiger partial charge on any atom is 0.407 e. The summed E-state index contributed by atoms with van der Waals surface area (Å²) in [5.41, 5.74) is 9.54. The molecule has 66 heavy (non-hydrogen) atoms. The normalized spacial score (nSPS) is 14.9. The predicted molar refractivity (Wildman–Crippen MR) is 251 cm³/mol. The fourth-order valence-electron chi connectivity index (χ4n) is 7.86. The molecule has 17 nitrogen and oxygen atoms in total. The highest BCUT2D eigenvalue weighted by Gasteiger charge is 2.31. The van der Waals surface area contributed by atoms with Crippen LogP contribution in [0.1, 0.15) is 119 Å². The molecule has 2 aromatic carbocycles. The number of unbranched alkanes of at least 4 members (excludes halogenated alkanes) is 2. The van der Waals surface area contributed by atoms with Crippen LogP contribution in [0.5, 0.6) is 0 Å². The molecule has 9 N–H and O–H groups in total. The zero-order valence-corrected chi connectivity index (χ0v) is 39.0. The van der Waals surface area contributed by atoms with Crippen molar-refractivity contribution >= 4 is 41.4 Å². The van der Waals surface area contributed by atoms with E-state index >= 15 is 0 Å². The van der Waals surface area contributed by atoms with Gasteiger partial charge >= 0.3 is 6.09 Å². The zero-order valence-electron chi connectivity index (χ0n) is 39.0. The molecule has 360 valence electrons. The molecule has 0 bridgehead atoms. The first-order valence-electron chi connectivity index (χ1n) is 23.4. The number of aliphatic hydroxyl groups is 1. The van der Waals surface area contributed by atoms with Crippen molar-refractivity contribution in [2.45, 2.75) is 149 Å². The lowest BCUT2D eigenvalue weighted by Crippen LogP contribution is -2.53. The van der Waals surface area contributed by atoms with Crippen molar-refractivity contribution in [1.82, 2.24) is 41.9 Å². The maximum atomic E-state index is 13.6.